The van der Waals surface area contributed by atoms with Crippen LogP contribution in [0.5, 0.6) is 0 Å². The molecule has 0 bridgehead atoms. The first-order valence-corrected chi connectivity index (χ1v) is 9.60. The van der Waals surface area contributed by atoms with E-state index in [0.717, 1.165) is 25.2 Å². The van der Waals surface area contributed by atoms with Crippen molar-refractivity contribution in [1.82, 2.24) is 14.4 Å². The van der Waals surface area contributed by atoms with Crippen molar-refractivity contribution in [2.45, 2.75) is 25.9 Å². The van der Waals surface area contributed by atoms with Crippen molar-refractivity contribution >= 4 is 22.8 Å². The molecule has 0 amide bonds. The average Bonchev–Trinajstić information content (AvgIpc) is 2.98. The number of aromatic nitrogens is 1. The SMILES string of the molecule is C=C(C)CN1CCN(C(C(=O)O)c2cn(CCC(=O)O)c3cc(F)ccc23)CC1. The highest BCUT2D eigenvalue weighted by atomic mass is 19.1. The predicted octanol–water partition coefficient (Wildman–Crippen LogP) is 2.57. The molecule has 1 aromatic heterocycles. The zero-order valence-corrected chi connectivity index (χ0v) is 16.5. The third-order valence-corrected chi connectivity index (χ3v) is 5.24. The summed E-state index contributed by atoms with van der Waals surface area (Å²) in [5.41, 5.74) is 2.14. The minimum atomic E-state index is -0.972. The number of rotatable bonds is 8. The van der Waals surface area contributed by atoms with Gasteiger partial charge >= 0.3 is 11.9 Å². The highest BCUT2D eigenvalue weighted by Gasteiger charge is 2.32. The van der Waals surface area contributed by atoms with E-state index in [9.17, 15) is 19.1 Å². The zero-order valence-electron chi connectivity index (χ0n) is 16.5. The van der Waals surface area contributed by atoms with Crippen LogP contribution in [0.25, 0.3) is 10.9 Å². The van der Waals surface area contributed by atoms with Crippen LogP contribution in [-0.2, 0) is 16.1 Å². The minimum absolute atomic E-state index is 0.128. The molecule has 8 heteroatoms. The summed E-state index contributed by atoms with van der Waals surface area (Å²) >= 11 is 0. The summed E-state index contributed by atoms with van der Waals surface area (Å²) in [5, 5.41) is 19.6. The Morgan fingerprint density at radius 1 is 1.21 bits per heavy atom. The fraction of sp³-hybridized carbons (Fsp3) is 0.429. The van der Waals surface area contributed by atoms with Gasteiger partial charge in [-0.05, 0) is 25.1 Å². The van der Waals surface area contributed by atoms with Gasteiger partial charge in [-0.15, -0.1) is 0 Å². The molecule has 2 aromatic rings. The summed E-state index contributed by atoms with van der Waals surface area (Å²) in [6.07, 6.45) is 1.53. The van der Waals surface area contributed by atoms with Gasteiger partial charge in [-0.3, -0.25) is 19.4 Å². The van der Waals surface area contributed by atoms with Crippen LogP contribution in [0.4, 0.5) is 4.39 Å². The number of carboxylic acid groups (broad SMARTS) is 2. The summed E-state index contributed by atoms with van der Waals surface area (Å²) < 4.78 is 15.5. The molecule has 2 heterocycles. The molecule has 0 radical (unpaired) electrons. The molecule has 0 saturated carbocycles. The van der Waals surface area contributed by atoms with Gasteiger partial charge in [0.25, 0.3) is 0 Å². The third kappa shape index (κ3) is 4.83. The van der Waals surface area contributed by atoms with Crippen LogP contribution in [0.3, 0.4) is 0 Å². The lowest BCUT2D eigenvalue weighted by Crippen LogP contribution is -2.49. The van der Waals surface area contributed by atoms with Gasteiger partial charge in [0.2, 0.25) is 0 Å². The van der Waals surface area contributed by atoms with Crippen LogP contribution in [-0.4, -0.2) is 69.2 Å². The second-order valence-electron chi connectivity index (χ2n) is 7.59. The fourth-order valence-corrected chi connectivity index (χ4v) is 3.96. The lowest BCUT2D eigenvalue weighted by atomic mass is 10.0. The van der Waals surface area contributed by atoms with Crippen LogP contribution in [0, 0.1) is 5.82 Å². The number of hydrogen-bond acceptors (Lipinski definition) is 4. The normalized spacial score (nSPS) is 16.8. The van der Waals surface area contributed by atoms with E-state index in [4.69, 9.17) is 5.11 Å². The van der Waals surface area contributed by atoms with Gasteiger partial charge in [-0.25, -0.2) is 4.39 Å². The number of benzene rings is 1. The molecule has 7 nitrogen and oxygen atoms in total. The van der Waals surface area contributed by atoms with Crippen molar-refractivity contribution < 1.29 is 24.2 Å². The van der Waals surface area contributed by atoms with Crippen molar-refractivity contribution in [1.29, 1.82) is 0 Å². The number of hydrogen-bond donors (Lipinski definition) is 2. The minimum Gasteiger partial charge on any atom is -0.481 e. The number of carbonyl (C=O) groups is 2. The highest BCUT2D eigenvalue weighted by Crippen LogP contribution is 2.32. The van der Waals surface area contributed by atoms with E-state index in [1.54, 1.807) is 16.8 Å². The van der Waals surface area contributed by atoms with Crippen LogP contribution in [0.15, 0.2) is 36.5 Å². The van der Waals surface area contributed by atoms with E-state index in [0.29, 0.717) is 29.6 Å². The molecule has 29 heavy (non-hydrogen) atoms. The summed E-state index contributed by atoms with van der Waals surface area (Å²) in [6, 6.07) is 3.33. The summed E-state index contributed by atoms with van der Waals surface area (Å²) in [7, 11) is 0. The van der Waals surface area contributed by atoms with E-state index in [1.807, 2.05) is 11.8 Å². The number of fused-ring (bicyclic) bond motifs is 1. The van der Waals surface area contributed by atoms with Gasteiger partial charge in [0.15, 0.2) is 0 Å². The van der Waals surface area contributed by atoms with Crippen LogP contribution < -0.4 is 0 Å². The van der Waals surface area contributed by atoms with Gasteiger partial charge in [0.05, 0.1) is 11.9 Å². The quantitative estimate of drug-likeness (QED) is 0.659. The summed E-state index contributed by atoms with van der Waals surface area (Å²) in [5.74, 6) is -2.38. The molecule has 1 atom stereocenters. The second-order valence-corrected chi connectivity index (χ2v) is 7.59. The Balaban J connectivity index is 1.92. The number of aryl methyl sites for hydroxylation is 1. The first-order chi connectivity index (χ1) is 13.8. The van der Waals surface area contributed by atoms with E-state index < -0.39 is 23.8 Å². The smallest absolute Gasteiger partial charge is 0.325 e. The second kappa shape index (κ2) is 8.75. The molecular formula is C21H26FN3O4. The monoisotopic (exact) mass is 403 g/mol. The third-order valence-electron chi connectivity index (χ3n) is 5.24. The maximum absolute atomic E-state index is 13.8. The Morgan fingerprint density at radius 3 is 2.48 bits per heavy atom. The Morgan fingerprint density at radius 2 is 1.90 bits per heavy atom. The van der Waals surface area contributed by atoms with E-state index in [-0.39, 0.29) is 13.0 Å². The number of carboxylic acids is 2. The molecule has 1 saturated heterocycles. The van der Waals surface area contributed by atoms with E-state index in [2.05, 4.69) is 11.5 Å². The first-order valence-electron chi connectivity index (χ1n) is 9.60. The highest BCUT2D eigenvalue weighted by molar-refractivity contribution is 5.90. The molecule has 1 aliphatic heterocycles. The molecule has 1 aromatic carbocycles. The maximum atomic E-state index is 13.8. The Labute approximate surface area is 168 Å². The Bertz CT molecular complexity index is 931. The number of halogens is 1. The average molecular weight is 403 g/mol. The molecule has 2 N–H and O–H groups in total. The van der Waals surface area contributed by atoms with Gasteiger partial charge in [0, 0.05) is 56.4 Å². The van der Waals surface area contributed by atoms with Gasteiger partial charge in [-0.2, -0.15) is 0 Å². The Kier molecular flexibility index (Phi) is 6.34. The lowest BCUT2D eigenvalue weighted by molar-refractivity contribution is -0.144. The molecule has 0 aliphatic carbocycles. The number of aliphatic carboxylic acids is 2. The fourth-order valence-electron chi connectivity index (χ4n) is 3.96. The van der Waals surface area contributed by atoms with Crippen molar-refractivity contribution in [3.05, 3.63) is 47.9 Å². The molecular weight excluding hydrogens is 377 g/mol. The summed E-state index contributed by atoms with van der Waals surface area (Å²) in [4.78, 5) is 27.3. The summed E-state index contributed by atoms with van der Waals surface area (Å²) in [6.45, 7) is 9.50. The van der Waals surface area contributed by atoms with Gasteiger partial charge < -0.3 is 14.8 Å². The molecule has 1 aliphatic rings. The predicted molar refractivity (Wildman–Crippen MR) is 107 cm³/mol. The van der Waals surface area contributed by atoms with Crippen molar-refractivity contribution in [2.24, 2.45) is 0 Å². The van der Waals surface area contributed by atoms with E-state index >= 15 is 0 Å². The van der Waals surface area contributed by atoms with Crippen molar-refractivity contribution in [3.63, 3.8) is 0 Å². The molecule has 156 valence electrons. The Hall–Kier alpha value is -2.71. The van der Waals surface area contributed by atoms with Gasteiger partial charge in [-0.1, -0.05) is 12.2 Å². The van der Waals surface area contributed by atoms with Crippen LogP contribution >= 0.6 is 0 Å². The maximum Gasteiger partial charge on any atom is 0.325 e. The largest absolute Gasteiger partial charge is 0.481 e. The molecule has 0 spiro atoms. The zero-order chi connectivity index (χ0) is 21.1. The van der Waals surface area contributed by atoms with Crippen LogP contribution in [0.2, 0.25) is 0 Å². The lowest BCUT2D eigenvalue weighted by Gasteiger charge is -2.37. The number of piperazine rings is 1. The topological polar surface area (TPSA) is 86.0 Å². The molecule has 1 fully saturated rings. The van der Waals surface area contributed by atoms with E-state index in [1.165, 1.54) is 12.1 Å². The van der Waals surface area contributed by atoms with Crippen molar-refractivity contribution in [3.8, 4) is 0 Å². The van der Waals surface area contributed by atoms with Crippen molar-refractivity contribution in [2.75, 3.05) is 32.7 Å². The molecule has 1 unspecified atom stereocenters. The van der Waals surface area contributed by atoms with Gasteiger partial charge in [0.1, 0.15) is 11.9 Å². The number of nitrogens with zero attached hydrogens (tertiary/aromatic N) is 3. The first kappa shape index (κ1) is 21.0. The molecule has 3 rings (SSSR count). The standard InChI is InChI=1S/C21H26FN3O4/c1-14(2)12-23-7-9-24(10-8-23)20(21(28)29)17-13-25(6-5-19(26)27)18-11-15(22)3-4-16(17)18/h3-4,11,13,20H,1,5-10,12H2,2H3,(H,26,27)(H,28,29). The van der Waals surface area contributed by atoms with Crippen LogP contribution in [0.1, 0.15) is 24.9 Å².